The molecule has 3 rings (SSSR count). The summed E-state index contributed by atoms with van der Waals surface area (Å²) >= 11 is 1.27. The summed E-state index contributed by atoms with van der Waals surface area (Å²) in [6.07, 6.45) is 0. The summed E-state index contributed by atoms with van der Waals surface area (Å²) in [6.45, 7) is 4.61. The molecule has 10 heteroatoms. The third kappa shape index (κ3) is 5.02. The van der Waals surface area contributed by atoms with Crippen molar-refractivity contribution in [3.8, 4) is 5.69 Å². The maximum Gasteiger partial charge on any atom is 0.325 e. The average molecular weight is 405 g/mol. The molecule has 1 fully saturated rings. The zero-order valence-electron chi connectivity index (χ0n) is 15.9. The van der Waals surface area contributed by atoms with Crippen molar-refractivity contribution in [2.24, 2.45) is 0 Å². The Kier molecular flexibility index (Phi) is 6.88. The van der Waals surface area contributed by atoms with Crippen LogP contribution < -0.4 is 10.2 Å². The number of hydrogen-bond acceptors (Lipinski definition) is 8. The highest BCUT2D eigenvalue weighted by Crippen LogP contribution is 2.27. The number of morpholine rings is 1. The van der Waals surface area contributed by atoms with Crippen molar-refractivity contribution in [3.63, 3.8) is 0 Å². The molecule has 0 spiro atoms. The lowest BCUT2D eigenvalue weighted by atomic mass is 10.2. The third-order valence-corrected chi connectivity index (χ3v) is 5.09. The minimum Gasteiger partial charge on any atom is -0.468 e. The van der Waals surface area contributed by atoms with Gasteiger partial charge in [0.1, 0.15) is 6.54 Å². The van der Waals surface area contributed by atoms with Gasteiger partial charge in [-0.15, -0.1) is 10.2 Å². The monoisotopic (exact) mass is 405 g/mol. The molecule has 0 aliphatic carbocycles. The molecule has 2 heterocycles. The quantitative estimate of drug-likeness (QED) is 0.533. The first-order valence-corrected chi connectivity index (χ1v) is 9.88. The lowest BCUT2D eigenvalue weighted by molar-refractivity contribution is -0.140. The van der Waals surface area contributed by atoms with Crippen LogP contribution in [0.3, 0.4) is 0 Å². The smallest absolute Gasteiger partial charge is 0.325 e. The van der Waals surface area contributed by atoms with Crippen LogP contribution in [-0.4, -0.2) is 72.4 Å². The van der Waals surface area contributed by atoms with Crippen molar-refractivity contribution in [1.82, 2.24) is 20.1 Å². The van der Waals surface area contributed by atoms with Crippen LogP contribution in [-0.2, 0) is 19.1 Å². The van der Waals surface area contributed by atoms with E-state index in [1.165, 1.54) is 18.9 Å². The van der Waals surface area contributed by atoms with E-state index in [1.807, 2.05) is 29.7 Å². The van der Waals surface area contributed by atoms with Gasteiger partial charge in [0.15, 0.2) is 5.16 Å². The summed E-state index contributed by atoms with van der Waals surface area (Å²) in [4.78, 5) is 25.3. The van der Waals surface area contributed by atoms with Gasteiger partial charge in [0.25, 0.3) is 0 Å². The zero-order valence-corrected chi connectivity index (χ0v) is 16.7. The van der Waals surface area contributed by atoms with Crippen LogP contribution in [0.15, 0.2) is 29.4 Å². The largest absolute Gasteiger partial charge is 0.468 e. The second-order valence-electron chi connectivity index (χ2n) is 6.20. The number of esters is 1. The molecule has 0 atom stereocenters. The number of nitrogens with zero attached hydrogens (tertiary/aromatic N) is 4. The molecule has 0 bridgehead atoms. The number of anilines is 1. The highest BCUT2D eigenvalue weighted by Gasteiger charge is 2.22. The molecule has 1 aliphatic rings. The fourth-order valence-corrected chi connectivity index (χ4v) is 3.52. The van der Waals surface area contributed by atoms with Gasteiger partial charge in [-0.1, -0.05) is 23.9 Å². The second-order valence-corrected chi connectivity index (χ2v) is 7.14. The van der Waals surface area contributed by atoms with Crippen molar-refractivity contribution in [1.29, 1.82) is 0 Å². The number of nitrogens with one attached hydrogen (secondary N) is 1. The normalized spacial score (nSPS) is 14.0. The lowest BCUT2D eigenvalue weighted by Crippen LogP contribution is -2.37. The summed E-state index contributed by atoms with van der Waals surface area (Å²) in [5, 5.41) is 11.8. The van der Waals surface area contributed by atoms with Crippen LogP contribution >= 0.6 is 11.8 Å². The number of amides is 1. The van der Waals surface area contributed by atoms with Crippen LogP contribution in [0.4, 0.5) is 5.95 Å². The molecule has 1 aromatic carbocycles. The van der Waals surface area contributed by atoms with Gasteiger partial charge in [-0.2, -0.15) is 0 Å². The summed E-state index contributed by atoms with van der Waals surface area (Å²) < 4.78 is 11.9. The fraction of sp³-hybridized carbons (Fsp3) is 0.444. The second kappa shape index (κ2) is 9.56. The van der Waals surface area contributed by atoms with Crippen LogP contribution in [0.25, 0.3) is 5.69 Å². The number of carbonyl (C=O) groups excluding carboxylic acids is 2. The number of hydrogen-bond donors (Lipinski definition) is 1. The van der Waals surface area contributed by atoms with E-state index >= 15 is 0 Å². The molecule has 1 amide bonds. The average Bonchev–Trinajstić information content (AvgIpc) is 3.15. The standard InChI is InChI=1S/C18H23N5O4S/c1-13-4-3-5-14(10-13)23-17(22-6-8-27-9-7-22)20-21-18(23)28-12-15(24)19-11-16(25)26-2/h3-5,10H,6-9,11-12H2,1-2H3,(H,19,24). The Balaban J connectivity index is 1.79. The van der Waals surface area contributed by atoms with Gasteiger partial charge in [0, 0.05) is 13.1 Å². The highest BCUT2D eigenvalue weighted by molar-refractivity contribution is 7.99. The molecular formula is C18H23N5O4S. The molecule has 2 aromatic rings. The van der Waals surface area contributed by atoms with Gasteiger partial charge in [-0.05, 0) is 24.6 Å². The Labute approximate surface area is 167 Å². The van der Waals surface area contributed by atoms with E-state index in [4.69, 9.17) is 4.74 Å². The number of aromatic nitrogens is 3. The summed E-state index contributed by atoms with van der Waals surface area (Å²) in [5.41, 5.74) is 2.05. The van der Waals surface area contributed by atoms with Gasteiger partial charge >= 0.3 is 5.97 Å². The molecule has 9 nitrogen and oxygen atoms in total. The van der Waals surface area contributed by atoms with Crippen molar-refractivity contribution < 1.29 is 19.1 Å². The van der Waals surface area contributed by atoms with Crippen LogP contribution in [0.1, 0.15) is 5.56 Å². The first-order chi connectivity index (χ1) is 13.6. The predicted molar refractivity (Wildman–Crippen MR) is 105 cm³/mol. The SMILES string of the molecule is COC(=O)CNC(=O)CSc1nnc(N2CCOCC2)n1-c1cccc(C)c1. The molecule has 28 heavy (non-hydrogen) atoms. The molecule has 1 aliphatic heterocycles. The molecule has 1 N–H and O–H groups in total. The Bertz CT molecular complexity index is 835. The van der Waals surface area contributed by atoms with Crippen molar-refractivity contribution >= 4 is 29.6 Å². The van der Waals surface area contributed by atoms with E-state index in [0.717, 1.165) is 30.3 Å². The van der Waals surface area contributed by atoms with E-state index in [1.54, 1.807) is 0 Å². The van der Waals surface area contributed by atoms with Gasteiger partial charge in [0.05, 0.1) is 31.8 Å². The molecule has 1 saturated heterocycles. The Morgan fingerprint density at radius 3 is 2.79 bits per heavy atom. The van der Waals surface area contributed by atoms with E-state index in [0.29, 0.717) is 18.4 Å². The molecule has 150 valence electrons. The predicted octanol–water partition coefficient (Wildman–Crippen LogP) is 0.794. The van der Waals surface area contributed by atoms with E-state index < -0.39 is 5.97 Å². The first kappa shape index (κ1) is 20.2. The van der Waals surface area contributed by atoms with Gasteiger partial charge in [-0.3, -0.25) is 14.2 Å². The number of methoxy groups -OCH3 is 1. The minimum atomic E-state index is -0.490. The summed E-state index contributed by atoms with van der Waals surface area (Å²) in [7, 11) is 1.28. The number of ether oxygens (including phenoxy) is 2. The number of benzene rings is 1. The number of rotatable bonds is 7. The molecule has 0 radical (unpaired) electrons. The van der Waals surface area contributed by atoms with Crippen LogP contribution in [0.5, 0.6) is 0 Å². The first-order valence-electron chi connectivity index (χ1n) is 8.90. The number of thioether (sulfide) groups is 1. The highest BCUT2D eigenvalue weighted by atomic mass is 32.2. The van der Waals surface area contributed by atoms with Crippen molar-refractivity contribution in [2.75, 3.05) is 50.6 Å². The molecule has 1 aromatic heterocycles. The minimum absolute atomic E-state index is 0.115. The van der Waals surface area contributed by atoms with Gasteiger partial charge in [0.2, 0.25) is 11.9 Å². The number of carbonyl (C=O) groups is 2. The Morgan fingerprint density at radius 2 is 2.07 bits per heavy atom. The topological polar surface area (TPSA) is 98.6 Å². The van der Waals surface area contributed by atoms with Gasteiger partial charge in [-0.25, -0.2) is 0 Å². The Hall–Kier alpha value is -2.59. The molecule has 0 unspecified atom stereocenters. The number of aryl methyl sites for hydroxylation is 1. The lowest BCUT2D eigenvalue weighted by Gasteiger charge is -2.28. The maximum absolute atomic E-state index is 12.0. The third-order valence-electron chi connectivity index (χ3n) is 4.16. The van der Waals surface area contributed by atoms with E-state index in [2.05, 4.69) is 31.2 Å². The van der Waals surface area contributed by atoms with Crippen molar-refractivity contribution in [3.05, 3.63) is 29.8 Å². The zero-order chi connectivity index (χ0) is 19.9. The molecule has 0 saturated carbocycles. The van der Waals surface area contributed by atoms with Crippen LogP contribution in [0, 0.1) is 6.92 Å². The van der Waals surface area contributed by atoms with E-state index in [9.17, 15) is 9.59 Å². The summed E-state index contributed by atoms with van der Waals surface area (Å²) in [6, 6.07) is 8.04. The van der Waals surface area contributed by atoms with Crippen molar-refractivity contribution in [2.45, 2.75) is 12.1 Å². The fourth-order valence-electron chi connectivity index (χ4n) is 2.74. The summed E-state index contributed by atoms with van der Waals surface area (Å²) in [5.74, 6) is 0.0775. The van der Waals surface area contributed by atoms with Crippen LogP contribution in [0.2, 0.25) is 0 Å². The Morgan fingerprint density at radius 1 is 1.29 bits per heavy atom. The molecular weight excluding hydrogens is 382 g/mol. The maximum atomic E-state index is 12.0. The van der Waals surface area contributed by atoms with Gasteiger partial charge < -0.3 is 19.7 Å². The van der Waals surface area contributed by atoms with E-state index in [-0.39, 0.29) is 18.2 Å².